The Labute approximate surface area is 118 Å². The van der Waals surface area contributed by atoms with Crippen molar-refractivity contribution in [1.82, 2.24) is 19.9 Å². The van der Waals surface area contributed by atoms with Crippen LogP contribution in [0.15, 0.2) is 48.9 Å². The molecule has 0 amide bonds. The number of hydrogen-bond acceptors (Lipinski definition) is 3. The minimum atomic E-state index is 0.320. The van der Waals surface area contributed by atoms with Gasteiger partial charge in [-0.2, -0.15) is 0 Å². The minimum Gasteiger partial charge on any atom is -0.310 e. The second-order valence-corrected chi connectivity index (χ2v) is 4.83. The number of hydrogen-bond donors (Lipinski definition) is 1. The minimum absolute atomic E-state index is 0.320. The topological polar surface area (TPSA) is 42.7 Å². The summed E-state index contributed by atoms with van der Waals surface area (Å²) < 4.78 is 2.01. The number of para-hydroxylation sites is 2. The molecule has 1 atom stereocenters. The third-order valence-corrected chi connectivity index (χ3v) is 3.48. The molecule has 0 fully saturated rings. The Kier molecular flexibility index (Phi) is 3.48. The Balaban J connectivity index is 1.95. The summed E-state index contributed by atoms with van der Waals surface area (Å²) in [7, 11) is 0. The van der Waals surface area contributed by atoms with E-state index < -0.39 is 0 Å². The van der Waals surface area contributed by atoms with Gasteiger partial charge in [-0.3, -0.25) is 4.57 Å². The molecule has 4 nitrogen and oxygen atoms in total. The van der Waals surface area contributed by atoms with Crippen molar-refractivity contribution in [1.29, 1.82) is 0 Å². The average Bonchev–Trinajstić information content (AvgIpc) is 2.92. The zero-order valence-electron chi connectivity index (χ0n) is 11.7. The van der Waals surface area contributed by atoms with E-state index in [4.69, 9.17) is 0 Å². The number of benzene rings is 1. The number of nitrogens with one attached hydrogen (secondary N) is 1. The van der Waals surface area contributed by atoms with Gasteiger partial charge in [-0.25, -0.2) is 9.97 Å². The van der Waals surface area contributed by atoms with E-state index in [-0.39, 0.29) is 0 Å². The maximum atomic E-state index is 4.56. The number of nitrogens with zero attached hydrogens (tertiary/aromatic N) is 3. The number of fused-ring (bicyclic) bond motifs is 1. The summed E-state index contributed by atoms with van der Waals surface area (Å²) in [6.45, 7) is 5.21. The van der Waals surface area contributed by atoms with Crippen molar-refractivity contribution < 1.29 is 0 Å². The summed E-state index contributed by atoms with van der Waals surface area (Å²) in [5.41, 5.74) is 3.26. The Morgan fingerprint density at radius 2 is 2.00 bits per heavy atom. The smallest absolute Gasteiger partial charge is 0.138 e. The molecular formula is C16H18N4. The van der Waals surface area contributed by atoms with Crippen molar-refractivity contribution in [3.63, 3.8) is 0 Å². The average molecular weight is 266 g/mol. The van der Waals surface area contributed by atoms with Crippen molar-refractivity contribution in [2.24, 2.45) is 0 Å². The Morgan fingerprint density at radius 3 is 2.75 bits per heavy atom. The van der Waals surface area contributed by atoms with E-state index in [1.807, 2.05) is 41.4 Å². The molecule has 1 aromatic carbocycles. The highest BCUT2D eigenvalue weighted by molar-refractivity contribution is 5.76. The molecule has 1 unspecified atom stereocenters. The summed E-state index contributed by atoms with van der Waals surface area (Å²) in [6.07, 6.45) is 3.75. The Bertz CT molecular complexity index is 700. The van der Waals surface area contributed by atoms with Gasteiger partial charge in [-0.15, -0.1) is 0 Å². The number of rotatable bonds is 4. The third kappa shape index (κ3) is 2.30. The molecule has 2 aromatic heterocycles. The van der Waals surface area contributed by atoms with Gasteiger partial charge in [0.2, 0.25) is 0 Å². The summed E-state index contributed by atoms with van der Waals surface area (Å²) in [4.78, 5) is 8.95. The molecule has 0 radical (unpaired) electrons. The van der Waals surface area contributed by atoms with Gasteiger partial charge in [0.25, 0.3) is 0 Å². The van der Waals surface area contributed by atoms with Gasteiger partial charge in [0, 0.05) is 12.2 Å². The largest absolute Gasteiger partial charge is 0.310 e. The van der Waals surface area contributed by atoms with Gasteiger partial charge in [0.05, 0.1) is 11.0 Å². The molecule has 0 aliphatic heterocycles. The second-order valence-electron chi connectivity index (χ2n) is 4.83. The van der Waals surface area contributed by atoms with Crippen molar-refractivity contribution >= 4 is 11.0 Å². The quantitative estimate of drug-likeness (QED) is 0.789. The highest BCUT2D eigenvalue weighted by Gasteiger charge is 2.07. The summed E-state index contributed by atoms with van der Waals surface area (Å²) >= 11 is 0. The first kappa shape index (κ1) is 12.8. The zero-order chi connectivity index (χ0) is 13.9. The van der Waals surface area contributed by atoms with E-state index in [1.165, 1.54) is 5.56 Å². The Hall–Kier alpha value is -2.20. The normalized spacial score (nSPS) is 12.7. The number of pyridine rings is 1. The van der Waals surface area contributed by atoms with Crippen LogP contribution in [0.1, 0.15) is 25.5 Å². The van der Waals surface area contributed by atoms with Gasteiger partial charge < -0.3 is 5.32 Å². The van der Waals surface area contributed by atoms with Gasteiger partial charge in [0.15, 0.2) is 0 Å². The summed E-state index contributed by atoms with van der Waals surface area (Å²) in [5.74, 6) is 0.895. The molecule has 0 bridgehead atoms. The van der Waals surface area contributed by atoms with Crippen LogP contribution in [0.3, 0.4) is 0 Å². The van der Waals surface area contributed by atoms with Crippen LogP contribution in [0.2, 0.25) is 0 Å². The maximum absolute atomic E-state index is 4.56. The fraction of sp³-hybridized carbons (Fsp3) is 0.250. The van der Waals surface area contributed by atoms with Crippen LogP contribution in [-0.2, 0) is 0 Å². The molecule has 4 heteroatoms. The maximum Gasteiger partial charge on any atom is 0.138 e. The Morgan fingerprint density at radius 1 is 1.15 bits per heavy atom. The van der Waals surface area contributed by atoms with Gasteiger partial charge >= 0.3 is 0 Å². The highest BCUT2D eigenvalue weighted by Crippen LogP contribution is 2.18. The number of aromatic nitrogens is 3. The van der Waals surface area contributed by atoms with Crippen molar-refractivity contribution in [2.45, 2.75) is 19.9 Å². The van der Waals surface area contributed by atoms with Crippen LogP contribution in [0.5, 0.6) is 0 Å². The molecule has 3 aromatic rings. The zero-order valence-corrected chi connectivity index (χ0v) is 11.7. The van der Waals surface area contributed by atoms with E-state index >= 15 is 0 Å². The molecule has 1 N–H and O–H groups in total. The second kappa shape index (κ2) is 5.43. The molecular weight excluding hydrogens is 248 g/mol. The fourth-order valence-corrected chi connectivity index (χ4v) is 2.36. The predicted molar refractivity (Wildman–Crippen MR) is 81.0 cm³/mol. The van der Waals surface area contributed by atoms with E-state index in [0.717, 1.165) is 23.4 Å². The third-order valence-electron chi connectivity index (χ3n) is 3.48. The molecule has 0 aliphatic carbocycles. The lowest BCUT2D eigenvalue weighted by molar-refractivity contribution is 0.596. The first-order chi connectivity index (χ1) is 9.79. The SMILES string of the molecule is CCNC(C)c1ccc(-n2cnc3ccccc32)nc1. The lowest BCUT2D eigenvalue weighted by Gasteiger charge is -2.12. The van der Waals surface area contributed by atoms with Crippen molar-refractivity contribution in [3.05, 3.63) is 54.5 Å². The molecule has 0 spiro atoms. The first-order valence-electron chi connectivity index (χ1n) is 6.91. The summed E-state index contributed by atoms with van der Waals surface area (Å²) in [6, 6.07) is 12.5. The monoisotopic (exact) mass is 266 g/mol. The lowest BCUT2D eigenvalue weighted by Crippen LogP contribution is -2.17. The molecule has 2 heterocycles. The predicted octanol–water partition coefficient (Wildman–Crippen LogP) is 3.09. The van der Waals surface area contributed by atoms with Crippen LogP contribution in [0.4, 0.5) is 0 Å². The molecule has 102 valence electrons. The van der Waals surface area contributed by atoms with E-state index in [9.17, 15) is 0 Å². The number of imidazole rings is 1. The summed E-state index contributed by atoms with van der Waals surface area (Å²) in [5, 5.41) is 3.39. The highest BCUT2D eigenvalue weighted by atomic mass is 15.1. The van der Waals surface area contributed by atoms with Crippen LogP contribution in [-0.4, -0.2) is 21.1 Å². The standard InChI is InChI=1S/C16H18N4/c1-3-17-12(2)13-8-9-16(18-10-13)20-11-19-14-6-4-5-7-15(14)20/h4-12,17H,3H2,1-2H3. The first-order valence-corrected chi connectivity index (χ1v) is 6.91. The van der Waals surface area contributed by atoms with E-state index in [1.54, 1.807) is 0 Å². The van der Waals surface area contributed by atoms with Crippen molar-refractivity contribution in [2.75, 3.05) is 6.54 Å². The van der Waals surface area contributed by atoms with Crippen LogP contribution < -0.4 is 5.32 Å². The van der Waals surface area contributed by atoms with Gasteiger partial charge in [-0.05, 0) is 37.2 Å². The van der Waals surface area contributed by atoms with E-state index in [2.05, 4.69) is 41.3 Å². The van der Waals surface area contributed by atoms with E-state index in [0.29, 0.717) is 6.04 Å². The van der Waals surface area contributed by atoms with Crippen LogP contribution in [0.25, 0.3) is 16.9 Å². The van der Waals surface area contributed by atoms with Crippen LogP contribution >= 0.6 is 0 Å². The van der Waals surface area contributed by atoms with Gasteiger partial charge in [0.1, 0.15) is 12.1 Å². The lowest BCUT2D eigenvalue weighted by atomic mass is 10.1. The molecule has 3 rings (SSSR count). The van der Waals surface area contributed by atoms with Gasteiger partial charge in [-0.1, -0.05) is 25.1 Å². The fourth-order valence-electron chi connectivity index (χ4n) is 2.36. The molecule has 0 aliphatic rings. The molecule has 0 saturated heterocycles. The van der Waals surface area contributed by atoms with Crippen molar-refractivity contribution in [3.8, 4) is 5.82 Å². The molecule has 20 heavy (non-hydrogen) atoms. The molecule has 0 saturated carbocycles. The van der Waals surface area contributed by atoms with Crippen LogP contribution in [0, 0.1) is 0 Å².